The number of aryl methyl sites for hydroxylation is 1. The van der Waals surface area contributed by atoms with Crippen molar-refractivity contribution >= 4 is 5.69 Å². The second-order valence-corrected chi connectivity index (χ2v) is 5.25. The number of fused-ring (bicyclic) bond motifs is 1. The van der Waals surface area contributed by atoms with Crippen LogP contribution in [0, 0.1) is 12.7 Å². The summed E-state index contributed by atoms with van der Waals surface area (Å²) in [6, 6.07) is 10.8. The van der Waals surface area contributed by atoms with E-state index in [4.69, 9.17) is 9.47 Å². The van der Waals surface area contributed by atoms with E-state index in [1.807, 2.05) is 38.1 Å². The van der Waals surface area contributed by atoms with Crippen LogP contribution in [0.15, 0.2) is 36.4 Å². The molecular formula is C17H18FNO2. The van der Waals surface area contributed by atoms with Crippen molar-refractivity contribution in [1.29, 1.82) is 0 Å². The molecule has 0 aromatic heterocycles. The summed E-state index contributed by atoms with van der Waals surface area (Å²) in [5.41, 5.74) is 2.56. The van der Waals surface area contributed by atoms with Crippen molar-refractivity contribution < 1.29 is 13.9 Å². The molecule has 1 aliphatic heterocycles. The van der Waals surface area contributed by atoms with Gasteiger partial charge in [0.15, 0.2) is 11.5 Å². The molecule has 0 spiro atoms. The molecule has 1 aliphatic rings. The lowest BCUT2D eigenvalue weighted by atomic mass is 10.1. The van der Waals surface area contributed by atoms with Gasteiger partial charge < -0.3 is 14.8 Å². The highest BCUT2D eigenvalue weighted by molar-refractivity contribution is 5.51. The Kier molecular flexibility index (Phi) is 3.69. The van der Waals surface area contributed by atoms with E-state index in [2.05, 4.69) is 5.32 Å². The Balaban J connectivity index is 1.82. The van der Waals surface area contributed by atoms with E-state index in [-0.39, 0.29) is 11.9 Å². The number of benzene rings is 2. The zero-order valence-corrected chi connectivity index (χ0v) is 12.2. The highest BCUT2D eigenvalue weighted by Crippen LogP contribution is 2.33. The van der Waals surface area contributed by atoms with Gasteiger partial charge in [0.25, 0.3) is 0 Å². The highest BCUT2D eigenvalue weighted by Gasteiger charge is 2.15. The molecule has 2 aromatic rings. The van der Waals surface area contributed by atoms with Crippen molar-refractivity contribution in [2.24, 2.45) is 0 Å². The molecule has 0 bridgehead atoms. The van der Waals surface area contributed by atoms with Crippen LogP contribution in [-0.4, -0.2) is 13.2 Å². The Bertz CT molecular complexity index is 657. The zero-order chi connectivity index (χ0) is 14.8. The number of halogens is 1. The predicted molar refractivity (Wildman–Crippen MR) is 80.6 cm³/mol. The van der Waals surface area contributed by atoms with Gasteiger partial charge in [-0.2, -0.15) is 0 Å². The third kappa shape index (κ3) is 2.94. The van der Waals surface area contributed by atoms with Crippen LogP contribution in [0.4, 0.5) is 10.1 Å². The summed E-state index contributed by atoms with van der Waals surface area (Å²) in [5.74, 6) is 1.26. The van der Waals surface area contributed by atoms with Gasteiger partial charge in [-0.15, -0.1) is 0 Å². The molecule has 0 amide bonds. The van der Waals surface area contributed by atoms with E-state index in [9.17, 15) is 4.39 Å². The minimum Gasteiger partial charge on any atom is -0.486 e. The van der Waals surface area contributed by atoms with Gasteiger partial charge >= 0.3 is 0 Å². The summed E-state index contributed by atoms with van der Waals surface area (Å²) in [5, 5.41) is 3.20. The first-order chi connectivity index (χ1) is 10.1. The molecule has 0 radical (unpaired) electrons. The summed E-state index contributed by atoms with van der Waals surface area (Å²) < 4.78 is 24.9. The van der Waals surface area contributed by atoms with Crippen LogP contribution in [0.2, 0.25) is 0 Å². The van der Waals surface area contributed by atoms with Crippen molar-refractivity contribution in [2.45, 2.75) is 19.9 Å². The Morgan fingerprint density at radius 2 is 1.81 bits per heavy atom. The number of nitrogens with one attached hydrogen (secondary N) is 1. The average molecular weight is 287 g/mol. The van der Waals surface area contributed by atoms with Crippen LogP contribution in [0.25, 0.3) is 0 Å². The fourth-order valence-corrected chi connectivity index (χ4v) is 2.40. The van der Waals surface area contributed by atoms with Crippen molar-refractivity contribution in [1.82, 2.24) is 0 Å². The first-order valence-electron chi connectivity index (χ1n) is 7.06. The predicted octanol–water partition coefficient (Wildman–Crippen LogP) is 4.08. The lowest BCUT2D eigenvalue weighted by molar-refractivity contribution is 0.171. The largest absolute Gasteiger partial charge is 0.486 e. The molecule has 0 saturated heterocycles. The second-order valence-electron chi connectivity index (χ2n) is 5.25. The van der Waals surface area contributed by atoms with Gasteiger partial charge in [-0.1, -0.05) is 12.1 Å². The van der Waals surface area contributed by atoms with Crippen molar-refractivity contribution in [2.75, 3.05) is 18.5 Å². The van der Waals surface area contributed by atoms with Gasteiger partial charge in [-0.25, -0.2) is 4.39 Å². The maximum atomic E-state index is 13.8. The standard InChI is InChI=1S/C17H18FNO2/c1-11-3-5-14(18)15(9-11)19-12(2)13-4-6-16-17(10-13)21-8-7-20-16/h3-6,9-10,12,19H,7-8H2,1-2H3. The molecule has 0 aliphatic carbocycles. The fourth-order valence-electron chi connectivity index (χ4n) is 2.40. The van der Waals surface area contributed by atoms with Crippen LogP contribution in [0.3, 0.4) is 0 Å². The first kappa shape index (κ1) is 13.7. The molecule has 4 heteroatoms. The monoisotopic (exact) mass is 287 g/mol. The van der Waals surface area contributed by atoms with Gasteiger partial charge in [-0.05, 0) is 49.2 Å². The van der Waals surface area contributed by atoms with Gasteiger partial charge in [0, 0.05) is 6.04 Å². The van der Waals surface area contributed by atoms with E-state index in [0.29, 0.717) is 18.9 Å². The van der Waals surface area contributed by atoms with Crippen LogP contribution in [-0.2, 0) is 0 Å². The maximum absolute atomic E-state index is 13.8. The number of rotatable bonds is 3. The molecular weight excluding hydrogens is 269 g/mol. The Hall–Kier alpha value is -2.23. The summed E-state index contributed by atoms with van der Waals surface area (Å²) in [6.07, 6.45) is 0. The summed E-state index contributed by atoms with van der Waals surface area (Å²) in [7, 11) is 0. The molecule has 0 saturated carbocycles. The van der Waals surface area contributed by atoms with Crippen molar-refractivity contribution in [3.8, 4) is 11.5 Å². The smallest absolute Gasteiger partial charge is 0.161 e. The highest BCUT2D eigenvalue weighted by atomic mass is 19.1. The van der Waals surface area contributed by atoms with Crippen LogP contribution >= 0.6 is 0 Å². The molecule has 110 valence electrons. The topological polar surface area (TPSA) is 30.5 Å². The third-order valence-corrected chi connectivity index (χ3v) is 3.56. The molecule has 0 fully saturated rings. The van der Waals surface area contributed by atoms with Crippen molar-refractivity contribution in [3.63, 3.8) is 0 Å². The van der Waals surface area contributed by atoms with Crippen LogP contribution < -0.4 is 14.8 Å². The second kappa shape index (κ2) is 5.64. The normalized spacial score (nSPS) is 14.6. The summed E-state index contributed by atoms with van der Waals surface area (Å²) in [6.45, 7) is 5.08. The number of ether oxygens (including phenoxy) is 2. The zero-order valence-electron chi connectivity index (χ0n) is 12.2. The lowest BCUT2D eigenvalue weighted by Gasteiger charge is -2.21. The minimum atomic E-state index is -0.245. The van der Waals surface area contributed by atoms with Gasteiger partial charge in [0.05, 0.1) is 5.69 Å². The molecule has 1 heterocycles. The quantitative estimate of drug-likeness (QED) is 0.922. The molecule has 21 heavy (non-hydrogen) atoms. The summed E-state index contributed by atoms with van der Waals surface area (Å²) >= 11 is 0. The first-order valence-corrected chi connectivity index (χ1v) is 7.06. The van der Waals surface area contributed by atoms with E-state index in [1.165, 1.54) is 6.07 Å². The lowest BCUT2D eigenvalue weighted by Crippen LogP contribution is -2.16. The van der Waals surface area contributed by atoms with E-state index in [1.54, 1.807) is 6.07 Å². The van der Waals surface area contributed by atoms with Gasteiger partial charge in [-0.3, -0.25) is 0 Å². The van der Waals surface area contributed by atoms with Gasteiger partial charge in [0.1, 0.15) is 19.0 Å². The molecule has 1 N–H and O–H groups in total. The number of hydrogen-bond acceptors (Lipinski definition) is 3. The molecule has 3 rings (SSSR count). The number of anilines is 1. The van der Waals surface area contributed by atoms with Crippen LogP contribution in [0.1, 0.15) is 24.1 Å². The third-order valence-electron chi connectivity index (χ3n) is 3.56. The molecule has 2 aromatic carbocycles. The fraction of sp³-hybridized carbons (Fsp3) is 0.294. The van der Waals surface area contributed by atoms with Gasteiger partial charge in [0.2, 0.25) is 0 Å². The average Bonchev–Trinajstić information content (AvgIpc) is 2.50. The van der Waals surface area contributed by atoms with E-state index < -0.39 is 0 Å². The Labute approximate surface area is 123 Å². The molecule has 1 atom stereocenters. The van der Waals surface area contributed by atoms with E-state index in [0.717, 1.165) is 22.6 Å². The Morgan fingerprint density at radius 1 is 1.05 bits per heavy atom. The van der Waals surface area contributed by atoms with Crippen molar-refractivity contribution in [3.05, 3.63) is 53.3 Å². The minimum absolute atomic E-state index is 0.0304. The van der Waals surface area contributed by atoms with Crippen LogP contribution in [0.5, 0.6) is 11.5 Å². The maximum Gasteiger partial charge on any atom is 0.161 e. The SMILES string of the molecule is Cc1ccc(F)c(NC(C)c2ccc3c(c2)OCCO3)c1. The molecule has 1 unspecified atom stereocenters. The Morgan fingerprint density at radius 3 is 2.62 bits per heavy atom. The van der Waals surface area contributed by atoms with E-state index >= 15 is 0 Å². The number of hydrogen-bond donors (Lipinski definition) is 1. The molecule has 3 nitrogen and oxygen atoms in total. The summed E-state index contributed by atoms with van der Waals surface area (Å²) in [4.78, 5) is 0.